The molecule has 0 amide bonds. The quantitative estimate of drug-likeness (QED) is 0.713. The maximum Gasteiger partial charge on any atom is 0.309 e. The van der Waals surface area contributed by atoms with Gasteiger partial charge in [-0.25, -0.2) is 0 Å². The number of aryl methyl sites for hydroxylation is 2. The molecular weight excluding hydrogens is 324 g/mol. The largest absolute Gasteiger partial charge is 0.461 e. The number of carbonyl (C=O) groups excluding carboxylic acids is 2. The smallest absolute Gasteiger partial charge is 0.309 e. The molecule has 26 heavy (non-hydrogen) atoms. The molecule has 3 nitrogen and oxygen atoms in total. The van der Waals surface area contributed by atoms with Gasteiger partial charge in [0, 0.05) is 11.8 Å². The van der Waals surface area contributed by atoms with Gasteiger partial charge >= 0.3 is 5.97 Å². The number of ketones is 1. The first kappa shape index (κ1) is 19.1. The van der Waals surface area contributed by atoms with Crippen LogP contribution in [-0.4, -0.2) is 11.8 Å². The highest BCUT2D eigenvalue weighted by Gasteiger charge is 2.41. The fraction of sp³-hybridized carbons (Fsp3) is 0.652. The molecule has 2 atom stereocenters. The Bertz CT molecular complexity index is 672. The van der Waals surface area contributed by atoms with Crippen molar-refractivity contribution in [3.8, 4) is 0 Å². The Hall–Kier alpha value is -1.64. The van der Waals surface area contributed by atoms with Crippen LogP contribution in [0.2, 0.25) is 0 Å². The van der Waals surface area contributed by atoms with Crippen LogP contribution in [0.4, 0.5) is 0 Å². The lowest BCUT2D eigenvalue weighted by atomic mass is 9.67. The second kappa shape index (κ2) is 7.17. The normalized spacial score (nSPS) is 25.9. The van der Waals surface area contributed by atoms with Crippen LogP contribution in [0.25, 0.3) is 0 Å². The molecule has 3 heteroatoms. The summed E-state index contributed by atoms with van der Waals surface area (Å²) in [4.78, 5) is 24.8. The van der Waals surface area contributed by atoms with E-state index in [4.69, 9.17) is 4.74 Å². The van der Waals surface area contributed by atoms with Crippen LogP contribution < -0.4 is 0 Å². The summed E-state index contributed by atoms with van der Waals surface area (Å²) in [6, 6.07) is 4.42. The van der Waals surface area contributed by atoms with E-state index in [2.05, 4.69) is 46.8 Å². The molecule has 0 unspecified atom stereocenters. The summed E-state index contributed by atoms with van der Waals surface area (Å²) in [6.07, 6.45) is 4.41. The Balaban J connectivity index is 1.66. The zero-order valence-corrected chi connectivity index (χ0v) is 16.9. The minimum Gasteiger partial charge on any atom is -0.461 e. The summed E-state index contributed by atoms with van der Waals surface area (Å²) < 4.78 is 5.70. The van der Waals surface area contributed by atoms with Gasteiger partial charge in [0.1, 0.15) is 12.4 Å². The van der Waals surface area contributed by atoms with E-state index in [0.29, 0.717) is 25.2 Å². The second-order valence-electron chi connectivity index (χ2n) is 9.34. The van der Waals surface area contributed by atoms with E-state index in [-0.39, 0.29) is 29.1 Å². The predicted molar refractivity (Wildman–Crippen MR) is 103 cm³/mol. The molecule has 2 bridgehead atoms. The molecule has 0 N–H and O–H groups in total. The summed E-state index contributed by atoms with van der Waals surface area (Å²) in [7, 11) is 0. The summed E-state index contributed by atoms with van der Waals surface area (Å²) in [5, 5.41) is 0. The van der Waals surface area contributed by atoms with Crippen LogP contribution in [0.3, 0.4) is 0 Å². The van der Waals surface area contributed by atoms with Crippen molar-refractivity contribution in [1.82, 2.24) is 0 Å². The van der Waals surface area contributed by atoms with Gasteiger partial charge in [0.05, 0.1) is 5.92 Å². The zero-order valence-electron chi connectivity index (χ0n) is 16.9. The Kier molecular flexibility index (Phi) is 5.28. The maximum atomic E-state index is 12.6. The molecule has 0 aromatic heterocycles. The Morgan fingerprint density at radius 1 is 1.08 bits per heavy atom. The van der Waals surface area contributed by atoms with Crippen LogP contribution in [0, 0.1) is 31.6 Å². The van der Waals surface area contributed by atoms with Crippen LogP contribution in [-0.2, 0) is 26.3 Å². The minimum atomic E-state index is -0.118. The van der Waals surface area contributed by atoms with Crippen LogP contribution in [0.5, 0.6) is 0 Å². The third-order valence-electron chi connectivity index (χ3n) is 6.30. The Morgan fingerprint density at radius 2 is 1.62 bits per heavy atom. The van der Waals surface area contributed by atoms with Crippen LogP contribution >= 0.6 is 0 Å². The van der Waals surface area contributed by atoms with Crippen molar-refractivity contribution in [3.05, 3.63) is 34.4 Å². The number of benzene rings is 1. The van der Waals surface area contributed by atoms with Crippen molar-refractivity contribution in [2.75, 3.05) is 0 Å². The Morgan fingerprint density at radius 3 is 2.12 bits per heavy atom. The fourth-order valence-corrected chi connectivity index (χ4v) is 4.59. The number of ether oxygens (including phenoxy) is 1. The van der Waals surface area contributed by atoms with E-state index < -0.39 is 0 Å². The molecular formula is C23H32O3. The lowest BCUT2D eigenvalue weighted by Crippen LogP contribution is -2.39. The molecule has 0 spiro atoms. The Labute approximate surface area is 157 Å². The molecule has 0 heterocycles. The lowest BCUT2D eigenvalue weighted by Gasteiger charge is -2.36. The molecule has 3 rings (SSSR count). The second-order valence-corrected chi connectivity index (χ2v) is 9.34. The van der Waals surface area contributed by atoms with Crippen molar-refractivity contribution in [1.29, 1.82) is 0 Å². The van der Waals surface area contributed by atoms with Gasteiger partial charge in [-0.2, -0.15) is 0 Å². The van der Waals surface area contributed by atoms with Gasteiger partial charge < -0.3 is 4.74 Å². The van der Waals surface area contributed by atoms with E-state index in [0.717, 1.165) is 24.8 Å². The molecule has 0 saturated heterocycles. The number of Topliss-reactive ketones (excluding diaryl/α,β-unsaturated/α-hetero) is 1. The predicted octanol–water partition coefficient (Wildman–Crippen LogP) is 5.04. The highest BCUT2D eigenvalue weighted by molar-refractivity contribution is 5.87. The van der Waals surface area contributed by atoms with Crippen molar-refractivity contribution < 1.29 is 14.3 Å². The monoisotopic (exact) mass is 356 g/mol. The number of carbonyl (C=O) groups is 2. The number of hydrogen-bond donors (Lipinski definition) is 0. The van der Waals surface area contributed by atoms with Gasteiger partial charge in [0.2, 0.25) is 0 Å². The number of esters is 1. The standard InChI is InChI=1S/C23H32O3/c1-14-9-19(23(3,4)5)10-15(2)20(14)13-26-22(25)18-11-16-7-6-8-17(12-18)21(16)24/h9-10,16-18H,6-8,11-13H2,1-5H3/t16-,17-/m1/s1. The van der Waals surface area contributed by atoms with Crippen LogP contribution in [0.1, 0.15) is 75.1 Å². The SMILES string of the molecule is Cc1cc(C(C)(C)C)cc(C)c1COC(=O)C1C[C@H]2CCC[C@H](C1)C2=O. The van der Waals surface area contributed by atoms with Gasteiger partial charge in [-0.3, -0.25) is 9.59 Å². The van der Waals surface area contributed by atoms with Gasteiger partial charge in [0.25, 0.3) is 0 Å². The van der Waals surface area contributed by atoms with Crippen molar-refractivity contribution in [2.45, 2.75) is 78.7 Å². The average Bonchev–Trinajstić information content (AvgIpc) is 2.52. The van der Waals surface area contributed by atoms with E-state index in [1.165, 1.54) is 16.7 Å². The van der Waals surface area contributed by atoms with Gasteiger partial charge in [-0.1, -0.05) is 39.3 Å². The van der Waals surface area contributed by atoms with Crippen LogP contribution in [0.15, 0.2) is 12.1 Å². The first-order valence-electron chi connectivity index (χ1n) is 9.97. The summed E-state index contributed by atoms with van der Waals surface area (Å²) in [6.45, 7) is 11.2. The third-order valence-corrected chi connectivity index (χ3v) is 6.30. The topological polar surface area (TPSA) is 43.4 Å². The highest BCUT2D eigenvalue weighted by Crippen LogP contribution is 2.40. The van der Waals surface area contributed by atoms with Gasteiger partial charge in [-0.05, 0) is 67.2 Å². The lowest BCUT2D eigenvalue weighted by molar-refractivity contribution is -0.154. The molecule has 2 aliphatic carbocycles. The van der Waals surface area contributed by atoms with E-state index in [9.17, 15) is 9.59 Å². The number of fused-ring (bicyclic) bond motifs is 2. The highest BCUT2D eigenvalue weighted by atomic mass is 16.5. The maximum absolute atomic E-state index is 12.6. The fourth-order valence-electron chi connectivity index (χ4n) is 4.59. The number of rotatable bonds is 3. The van der Waals surface area contributed by atoms with E-state index in [1.807, 2.05) is 0 Å². The van der Waals surface area contributed by atoms with Crippen molar-refractivity contribution >= 4 is 11.8 Å². The molecule has 142 valence electrons. The van der Waals surface area contributed by atoms with Crippen molar-refractivity contribution in [3.63, 3.8) is 0 Å². The summed E-state index contributed by atoms with van der Waals surface area (Å²) >= 11 is 0. The summed E-state index contributed by atoms with van der Waals surface area (Å²) in [5.74, 6) is 0.361. The van der Waals surface area contributed by atoms with Gasteiger partial charge in [-0.15, -0.1) is 0 Å². The molecule has 2 fully saturated rings. The number of hydrogen-bond acceptors (Lipinski definition) is 3. The third kappa shape index (κ3) is 3.87. The first-order valence-corrected chi connectivity index (χ1v) is 9.97. The molecule has 1 aromatic rings. The van der Waals surface area contributed by atoms with E-state index in [1.54, 1.807) is 0 Å². The average molecular weight is 357 g/mol. The first-order chi connectivity index (χ1) is 12.2. The molecule has 2 saturated carbocycles. The molecule has 0 aliphatic heterocycles. The summed E-state index contributed by atoms with van der Waals surface area (Å²) in [5.41, 5.74) is 4.88. The molecule has 1 aromatic carbocycles. The van der Waals surface area contributed by atoms with E-state index >= 15 is 0 Å². The van der Waals surface area contributed by atoms with Gasteiger partial charge in [0.15, 0.2) is 0 Å². The molecule has 2 aliphatic rings. The molecule has 0 radical (unpaired) electrons. The van der Waals surface area contributed by atoms with Crippen molar-refractivity contribution in [2.24, 2.45) is 17.8 Å². The minimum absolute atomic E-state index is 0.0922. The zero-order chi connectivity index (χ0) is 19.1.